The van der Waals surface area contributed by atoms with Gasteiger partial charge in [-0.2, -0.15) is 0 Å². The lowest BCUT2D eigenvalue weighted by Gasteiger charge is -2.08. The van der Waals surface area contributed by atoms with E-state index in [2.05, 4.69) is 15.0 Å². The van der Waals surface area contributed by atoms with Gasteiger partial charge in [0.1, 0.15) is 16.5 Å². The predicted octanol–water partition coefficient (Wildman–Crippen LogP) is 4.52. The summed E-state index contributed by atoms with van der Waals surface area (Å²) in [6.45, 7) is 2.65. The maximum absolute atomic E-state index is 13.7. The van der Waals surface area contributed by atoms with E-state index in [1.165, 1.54) is 11.3 Å². The Morgan fingerprint density at radius 3 is 2.56 bits per heavy atom. The number of rotatable bonds is 11. The van der Waals surface area contributed by atoms with Crippen LogP contribution < -0.4 is 10.0 Å². The highest BCUT2D eigenvalue weighted by atomic mass is 32.2. The fraction of sp³-hybridized carbons (Fsp3) is 0.273. The van der Waals surface area contributed by atoms with Gasteiger partial charge in [0, 0.05) is 24.7 Å². The zero-order valence-electron chi connectivity index (χ0n) is 17.4. The first-order chi connectivity index (χ1) is 15.3. The molecule has 1 aromatic heterocycles. The Labute approximate surface area is 189 Å². The molecule has 0 aliphatic carbocycles. The van der Waals surface area contributed by atoms with Gasteiger partial charge in [-0.1, -0.05) is 42.0 Å². The zero-order chi connectivity index (χ0) is 23.1. The molecule has 0 fully saturated rings. The lowest BCUT2D eigenvalue weighted by Crippen LogP contribution is -2.25. The quantitative estimate of drug-likeness (QED) is 0.312. The van der Waals surface area contributed by atoms with Crippen molar-refractivity contribution in [3.8, 4) is 0 Å². The van der Waals surface area contributed by atoms with Gasteiger partial charge in [0.15, 0.2) is 5.13 Å². The Morgan fingerprint density at radius 1 is 1.06 bits per heavy atom. The van der Waals surface area contributed by atoms with Gasteiger partial charge >= 0.3 is 0 Å². The molecular formula is C22H23F2N3O3S2. The second-order valence-electron chi connectivity index (χ2n) is 7.13. The first kappa shape index (κ1) is 24.0. The number of carbonyl (C=O) groups is 1. The van der Waals surface area contributed by atoms with Crippen LogP contribution in [0.3, 0.4) is 0 Å². The second-order valence-corrected chi connectivity index (χ2v) is 9.90. The van der Waals surface area contributed by atoms with Crippen molar-refractivity contribution in [1.82, 2.24) is 9.71 Å². The summed E-state index contributed by atoms with van der Waals surface area (Å²) >= 11 is 1.29. The molecule has 2 aromatic carbocycles. The third-order valence-corrected chi connectivity index (χ3v) is 7.17. The van der Waals surface area contributed by atoms with E-state index in [1.54, 1.807) is 12.3 Å². The minimum atomic E-state index is -4.02. The second kappa shape index (κ2) is 10.8. The van der Waals surface area contributed by atoms with Crippen LogP contribution >= 0.6 is 11.3 Å². The summed E-state index contributed by atoms with van der Waals surface area (Å²) in [6.07, 6.45) is 3.60. The predicted molar refractivity (Wildman–Crippen MR) is 121 cm³/mol. The van der Waals surface area contributed by atoms with Crippen LogP contribution in [0.4, 0.5) is 13.9 Å². The molecule has 0 bridgehead atoms. The van der Waals surface area contributed by atoms with Crippen molar-refractivity contribution in [2.45, 2.75) is 31.1 Å². The van der Waals surface area contributed by atoms with Gasteiger partial charge in [0.25, 0.3) is 0 Å². The first-order valence-electron chi connectivity index (χ1n) is 10.0. The molecule has 32 heavy (non-hydrogen) atoms. The van der Waals surface area contributed by atoms with Crippen LogP contribution in [0.15, 0.2) is 53.6 Å². The van der Waals surface area contributed by atoms with Gasteiger partial charge in [-0.3, -0.25) is 4.79 Å². The number of sulfonamides is 1. The number of hydrogen-bond donors (Lipinski definition) is 2. The van der Waals surface area contributed by atoms with Crippen LogP contribution in [0, 0.1) is 18.6 Å². The number of nitrogens with zero attached hydrogens (tertiary/aromatic N) is 1. The number of aromatic nitrogens is 1. The van der Waals surface area contributed by atoms with E-state index < -0.39 is 26.6 Å². The van der Waals surface area contributed by atoms with Crippen LogP contribution in [-0.2, 0) is 10.0 Å². The smallest absolute Gasteiger partial charge is 0.243 e. The Bertz CT molecular complexity index is 1200. The molecule has 0 saturated carbocycles. The van der Waals surface area contributed by atoms with Gasteiger partial charge in [0.2, 0.25) is 15.8 Å². The Kier molecular flexibility index (Phi) is 8.05. The van der Waals surface area contributed by atoms with Gasteiger partial charge < -0.3 is 5.32 Å². The number of halogens is 2. The minimum absolute atomic E-state index is 0.0569. The Morgan fingerprint density at radius 2 is 1.81 bits per heavy atom. The fourth-order valence-electron chi connectivity index (χ4n) is 3.02. The highest BCUT2D eigenvalue weighted by Gasteiger charge is 2.19. The van der Waals surface area contributed by atoms with E-state index in [4.69, 9.17) is 0 Å². The van der Waals surface area contributed by atoms with Crippen molar-refractivity contribution in [2.75, 3.05) is 18.4 Å². The molecule has 1 heterocycles. The van der Waals surface area contributed by atoms with Crippen molar-refractivity contribution in [2.24, 2.45) is 0 Å². The molecule has 0 aliphatic heterocycles. The number of ketones is 1. The molecule has 10 heteroatoms. The van der Waals surface area contributed by atoms with E-state index in [1.807, 2.05) is 25.1 Å². The maximum atomic E-state index is 13.7. The topological polar surface area (TPSA) is 88.2 Å². The monoisotopic (exact) mass is 479 g/mol. The molecule has 0 amide bonds. The number of benzene rings is 2. The summed E-state index contributed by atoms with van der Waals surface area (Å²) < 4.78 is 53.1. The number of aryl methyl sites for hydroxylation is 1. The highest BCUT2D eigenvalue weighted by Crippen LogP contribution is 2.22. The van der Waals surface area contributed by atoms with Crippen molar-refractivity contribution in [3.63, 3.8) is 0 Å². The van der Waals surface area contributed by atoms with Crippen LogP contribution in [-0.4, -0.2) is 32.3 Å². The number of carbonyl (C=O) groups excluding carboxylic acids is 1. The fourth-order valence-corrected chi connectivity index (χ4v) is 4.95. The third kappa shape index (κ3) is 6.18. The number of anilines is 1. The molecular weight excluding hydrogens is 456 g/mol. The van der Waals surface area contributed by atoms with Crippen molar-refractivity contribution in [3.05, 3.63) is 76.3 Å². The van der Waals surface area contributed by atoms with E-state index in [0.717, 1.165) is 30.5 Å². The average Bonchev–Trinajstić information content (AvgIpc) is 3.21. The van der Waals surface area contributed by atoms with E-state index in [-0.39, 0.29) is 12.3 Å². The Hall–Kier alpha value is -2.69. The molecule has 0 aliphatic rings. The highest BCUT2D eigenvalue weighted by molar-refractivity contribution is 7.89. The largest absolute Gasteiger partial charge is 0.362 e. The van der Waals surface area contributed by atoms with Gasteiger partial charge in [-0.05, 0) is 37.5 Å². The van der Waals surface area contributed by atoms with E-state index >= 15 is 0 Å². The summed E-state index contributed by atoms with van der Waals surface area (Å²) in [6, 6.07) is 9.76. The summed E-state index contributed by atoms with van der Waals surface area (Å²) in [4.78, 5) is 16.8. The van der Waals surface area contributed by atoms with Gasteiger partial charge in [-0.25, -0.2) is 26.9 Å². The zero-order valence-corrected chi connectivity index (χ0v) is 19.0. The SMILES string of the molecule is Cc1ccccc1C(=O)c1cnc(NCCCCCNS(=O)(=O)c2ccc(F)cc2F)s1. The first-order valence-corrected chi connectivity index (χ1v) is 12.3. The van der Waals surface area contributed by atoms with Crippen molar-refractivity contribution >= 4 is 32.3 Å². The summed E-state index contributed by atoms with van der Waals surface area (Å²) in [7, 11) is -4.02. The summed E-state index contributed by atoms with van der Waals surface area (Å²) in [5.74, 6) is -2.01. The molecule has 0 unspecified atom stereocenters. The van der Waals surface area contributed by atoms with Gasteiger partial charge in [0.05, 0.1) is 11.1 Å². The number of unbranched alkanes of at least 4 members (excludes halogenated alkanes) is 2. The molecule has 170 valence electrons. The molecule has 6 nitrogen and oxygen atoms in total. The maximum Gasteiger partial charge on any atom is 0.243 e. The standard InChI is InChI=1S/C22H23F2N3O3S2/c1-15-7-3-4-8-17(15)21(28)19-14-26-22(31-19)25-11-5-2-6-12-27-32(29,30)20-10-9-16(23)13-18(20)24/h3-4,7-10,13-14,27H,2,5-6,11-12H2,1H3,(H,25,26). The van der Waals surface area contributed by atoms with Crippen LogP contribution in [0.1, 0.15) is 40.1 Å². The average molecular weight is 480 g/mol. The third-order valence-electron chi connectivity index (χ3n) is 4.72. The van der Waals surface area contributed by atoms with Crippen LogP contribution in [0.25, 0.3) is 0 Å². The molecule has 0 spiro atoms. The lowest BCUT2D eigenvalue weighted by molar-refractivity contribution is 0.104. The van der Waals surface area contributed by atoms with Crippen molar-refractivity contribution < 1.29 is 22.0 Å². The number of thiazole rings is 1. The molecule has 0 radical (unpaired) electrons. The summed E-state index contributed by atoms with van der Waals surface area (Å²) in [5.41, 5.74) is 1.57. The molecule has 3 aromatic rings. The number of nitrogens with one attached hydrogen (secondary N) is 2. The van der Waals surface area contributed by atoms with Gasteiger partial charge in [-0.15, -0.1) is 0 Å². The summed E-state index contributed by atoms with van der Waals surface area (Å²) in [5, 5.41) is 3.81. The molecule has 3 rings (SSSR count). The van der Waals surface area contributed by atoms with Crippen LogP contribution in [0.2, 0.25) is 0 Å². The number of hydrogen-bond acceptors (Lipinski definition) is 6. The van der Waals surface area contributed by atoms with Crippen molar-refractivity contribution in [1.29, 1.82) is 0 Å². The molecule has 2 N–H and O–H groups in total. The minimum Gasteiger partial charge on any atom is -0.362 e. The van der Waals surface area contributed by atoms with E-state index in [9.17, 15) is 22.0 Å². The lowest BCUT2D eigenvalue weighted by atomic mass is 10.0. The van der Waals surface area contributed by atoms with E-state index in [0.29, 0.717) is 34.6 Å². The van der Waals surface area contributed by atoms with Crippen LogP contribution in [0.5, 0.6) is 0 Å². The molecule has 0 saturated heterocycles. The molecule has 0 atom stereocenters. The normalized spacial score (nSPS) is 11.5. The Balaban J connectivity index is 1.38.